The number of carbonyl (C=O) groups is 1. The summed E-state index contributed by atoms with van der Waals surface area (Å²) in [6.45, 7) is 10.7. The minimum atomic E-state index is -0.146. The molecule has 0 saturated carbocycles. The molecule has 1 aromatic heterocycles. The van der Waals surface area contributed by atoms with Crippen molar-refractivity contribution >= 4 is 5.91 Å². The Kier molecular flexibility index (Phi) is 6.37. The summed E-state index contributed by atoms with van der Waals surface area (Å²) >= 11 is 0. The molecule has 1 heterocycles. The minimum absolute atomic E-state index is 0.00586. The van der Waals surface area contributed by atoms with Crippen molar-refractivity contribution in [2.75, 3.05) is 6.61 Å². The van der Waals surface area contributed by atoms with Gasteiger partial charge in [-0.15, -0.1) is 0 Å². The van der Waals surface area contributed by atoms with E-state index in [0.717, 1.165) is 39.5 Å². The normalized spacial score (nSPS) is 11.0. The van der Waals surface area contributed by atoms with Crippen LogP contribution < -0.4 is 10.1 Å². The predicted molar refractivity (Wildman–Crippen MR) is 116 cm³/mol. The van der Waals surface area contributed by atoms with Gasteiger partial charge in [-0.3, -0.25) is 4.79 Å². The van der Waals surface area contributed by atoms with Gasteiger partial charge in [0.1, 0.15) is 5.75 Å². The fourth-order valence-electron chi connectivity index (χ4n) is 3.38. The van der Waals surface area contributed by atoms with Crippen molar-refractivity contribution in [3.05, 3.63) is 76.6 Å². The van der Waals surface area contributed by atoms with Gasteiger partial charge in [0.15, 0.2) is 6.61 Å². The lowest BCUT2D eigenvalue weighted by molar-refractivity contribution is -0.123. The maximum Gasteiger partial charge on any atom is 0.258 e. The Morgan fingerprint density at radius 3 is 2.52 bits per heavy atom. The van der Waals surface area contributed by atoms with Crippen LogP contribution in [0.15, 0.2) is 48.5 Å². The Balaban J connectivity index is 1.64. The molecular formula is C24H29N3O2. The van der Waals surface area contributed by atoms with Crippen LogP contribution in [0, 0.1) is 20.8 Å². The lowest BCUT2D eigenvalue weighted by Crippen LogP contribution is -2.29. The van der Waals surface area contributed by atoms with E-state index < -0.39 is 0 Å². The average molecular weight is 392 g/mol. The number of aryl methyl sites for hydroxylation is 2. The van der Waals surface area contributed by atoms with Crippen LogP contribution in [0.1, 0.15) is 47.8 Å². The van der Waals surface area contributed by atoms with E-state index in [2.05, 4.69) is 36.4 Å². The smallest absolute Gasteiger partial charge is 0.258 e. The first kappa shape index (κ1) is 20.6. The van der Waals surface area contributed by atoms with E-state index in [0.29, 0.717) is 12.5 Å². The number of ether oxygens (including phenoxy) is 1. The maximum atomic E-state index is 12.4. The number of carbonyl (C=O) groups excluding carboxylic acids is 1. The van der Waals surface area contributed by atoms with Gasteiger partial charge in [-0.1, -0.05) is 44.2 Å². The molecule has 0 bridgehead atoms. The zero-order valence-corrected chi connectivity index (χ0v) is 17.8. The predicted octanol–water partition coefficient (Wildman–Crippen LogP) is 4.62. The lowest BCUT2D eigenvalue weighted by atomic mass is 10.0. The van der Waals surface area contributed by atoms with Gasteiger partial charge >= 0.3 is 0 Å². The first-order valence-corrected chi connectivity index (χ1v) is 9.97. The third-order valence-electron chi connectivity index (χ3n) is 5.05. The zero-order valence-electron chi connectivity index (χ0n) is 17.8. The fourth-order valence-corrected chi connectivity index (χ4v) is 3.38. The summed E-state index contributed by atoms with van der Waals surface area (Å²) in [5.74, 6) is 0.967. The highest BCUT2D eigenvalue weighted by molar-refractivity contribution is 5.77. The van der Waals surface area contributed by atoms with E-state index in [1.165, 1.54) is 0 Å². The number of amides is 1. The number of aromatic nitrogens is 2. The van der Waals surface area contributed by atoms with E-state index in [-0.39, 0.29) is 12.5 Å². The average Bonchev–Trinajstić information content (AvgIpc) is 2.99. The van der Waals surface area contributed by atoms with Gasteiger partial charge in [0.2, 0.25) is 0 Å². The number of rotatable bonds is 7. The van der Waals surface area contributed by atoms with Crippen molar-refractivity contribution in [2.24, 2.45) is 0 Å². The van der Waals surface area contributed by atoms with Crippen LogP contribution in [-0.4, -0.2) is 22.3 Å². The molecule has 0 fully saturated rings. The molecule has 1 N–H and O–H groups in total. The van der Waals surface area contributed by atoms with Crippen LogP contribution in [0.2, 0.25) is 0 Å². The van der Waals surface area contributed by atoms with Gasteiger partial charge in [0.25, 0.3) is 5.91 Å². The van der Waals surface area contributed by atoms with Crippen LogP contribution in [0.4, 0.5) is 0 Å². The van der Waals surface area contributed by atoms with Gasteiger partial charge < -0.3 is 10.1 Å². The number of benzene rings is 2. The first-order valence-electron chi connectivity index (χ1n) is 9.97. The second kappa shape index (κ2) is 8.95. The molecule has 3 rings (SSSR count). The molecule has 0 aliphatic rings. The highest BCUT2D eigenvalue weighted by Crippen LogP contribution is 2.27. The molecule has 0 atom stereocenters. The molecule has 0 aliphatic heterocycles. The van der Waals surface area contributed by atoms with Crippen molar-refractivity contribution < 1.29 is 9.53 Å². The number of para-hydroxylation sites is 1. The Morgan fingerprint density at radius 1 is 1.10 bits per heavy atom. The molecule has 0 unspecified atom stereocenters. The zero-order chi connectivity index (χ0) is 21.0. The van der Waals surface area contributed by atoms with Gasteiger partial charge in [0.05, 0.1) is 11.4 Å². The van der Waals surface area contributed by atoms with E-state index in [9.17, 15) is 4.79 Å². The molecule has 2 aromatic carbocycles. The highest BCUT2D eigenvalue weighted by atomic mass is 16.5. The third kappa shape index (κ3) is 4.86. The van der Waals surface area contributed by atoms with E-state index in [4.69, 9.17) is 4.74 Å². The molecule has 0 aliphatic carbocycles. The summed E-state index contributed by atoms with van der Waals surface area (Å²) in [5, 5.41) is 7.59. The number of nitrogens with zero attached hydrogens (tertiary/aromatic N) is 2. The molecule has 5 heteroatoms. The van der Waals surface area contributed by atoms with Crippen LogP contribution in [-0.2, 0) is 11.3 Å². The van der Waals surface area contributed by atoms with Gasteiger partial charge in [-0.2, -0.15) is 5.10 Å². The Morgan fingerprint density at radius 2 is 1.83 bits per heavy atom. The SMILES string of the molecule is Cc1ccc(C(C)C)c(OCC(=O)NCc2c(C)nn(-c3ccccc3)c2C)c1. The molecule has 0 saturated heterocycles. The number of hydrogen-bond acceptors (Lipinski definition) is 3. The Hall–Kier alpha value is -3.08. The van der Waals surface area contributed by atoms with Crippen LogP contribution in [0.5, 0.6) is 5.75 Å². The van der Waals surface area contributed by atoms with Crippen molar-refractivity contribution in [1.82, 2.24) is 15.1 Å². The van der Waals surface area contributed by atoms with E-state index in [1.54, 1.807) is 0 Å². The van der Waals surface area contributed by atoms with Gasteiger partial charge in [-0.25, -0.2) is 4.68 Å². The molecule has 0 spiro atoms. The Labute approximate surface area is 172 Å². The van der Waals surface area contributed by atoms with E-state index >= 15 is 0 Å². The van der Waals surface area contributed by atoms with Crippen LogP contribution in [0.25, 0.3) is 5.69 Å². The number of hydrogen-bond donors (Lipinski definition) is 1. The largest absolute Gasteiger partial charge is 0.483 e. The monoisotopic (exact) mass is 391 g/mol. The highest BCUT2D eigenvalue weighted by Gasteiger charge is 2.14. The quantitative estimate of drug-likeness (QED) is 0.640. The van der Waals surface area contributed by atoms with Gasteiger partial charge in [-0.05, 0) is 56.0 Å². The van der Waals surface area contributed by atoms with Crippen molar-refractivity contribution in [1.29, 1.82) is 0 Å². The molecule has 152 valence electrons. The summed E-state index contributed by atoms with van der Waals surface area (Å²) in [7, 11) is 0. The van der Waals surface area contributed by atoms with E-state index in [1.807, 2.05) is 61.9 Å². The molecule has 0 radical (unpaired) electrons. The fraction of sp³-hybridized carbons (Fsp3) is 0.333. The van der Waals surface area contributed by atoms with Gasteiger partial charge in [0, 0.05) is 17.8 Å². The summed E-state index contributed by atoms with van der Waals surface area (Å²) in [5.41, 5.74) is 6.20. The summed E-state index contributed by atoms with van der Waals surface area (Å²) in [6, 6.07) is 16.1. The van der Waals surface area contributed by atoms with Crippen LogP contribution in [0.3, 0.4) is 0 Å². The number of nitrogens with one attached hydrogen (secondary N) is 1. The second-order valence-electron chi connectivity index (χ2n) is 7.66. The van der Waals surface area contributed by atoms with Crippen LogP contribution >= 0.6 is 0 Å². The van der Waals surface area contributed by atoms with Crippen molar-refractivity contribution in [3.63, 3.8) is 0 Å². The molecular weight excluding hydrogens is 362 g/mol. The summed E-state index contributed by atoms with van der Waals surface area (Å²) < 4.78 is 7.74. The summed E-state index contributed by atoms with van der Waals surface area (Å²) in [4.78, 5) is 12.4. The maximum absolute atomic E-state index is 12.4. The molecule has 3 aromatic rings. The lowest BCUT2D eigenvalue weighted by Gasteiger charge is -2.15. The second-order valence-corrected chi connectivity index (χ2v) is 7.66. The molecule has 29 heavy (non-hydrogen) atoms. The third-order valence-corrected chi connectivity index (χ3v) is 5.05. The van der Waals surface area contributed by atoms with Crippen molar-refractivity contribution in [3.8, 4) is 11.4 Å². The molecule has 1 amide bonds. The molecule has 5 nitrogen and oxygen atoms in total. The minimum Gasteiger partial charge on any atom is -0.483 e. The van der Waals surface area contributed by atoms with Crippen molar-refractivity contribution in [2.45, 2.75) is 47.1 Å². The summed E-state index contributed by atoms with van der Waals surface area (Å²) in [6.07, 6.45) is 0. The first-order chi connectivity index (χ1) is 13.9. The standard InChI is InChI=1S/C24H29N3O2/c1-16(2)21-12-11-17(3)13-23(21)29-15-24(28)25-14-22-18(4)26-27(19(22)5)20-9-7-6-8-10-20/h6-13,16H,14-15H2,1-5H3,(H,25,28). The Bertz CT molecular complexity index is 991. The topological polar surface area (TPSA) is 56.1 Å².